The van der Waals surface area contributed by atoms with E-state index in [1.54, 1.807) is 25.1 Å². The standard InChI is InChI=1S/C18H13FN4O2S/c1-2-3-12-5-6-13-16(10-22-18(13)17(12)21)26(24,25)23-15-7-4-11(9-20)8-14(15)19/h4-8,10,22-23H,21H2,1H3. The minimum absolute atomic E-state index is 0.0704. The van der Waals surface area contributed by atoms with Gasteiger partial charge in [-0.25, -0.2) is 12.8 Å². The van der Waals surface area contributed by atoms with Gasteiger partial charge in [0.1, 0.15) is 10.7 Å². The number of sulfonamides is 1. The van der Waals surface area contributed by atoms with E-state index >= 15 is 0 Å². The van der Waals surface area contributed by atoms with Crippen LogP contribution < -0.4 is 10.5 Å². The molecule has 8 heteroatoms. The SMILES string of the molecule is CC#Cc1ccc2c(S(=O)(=O)Nc3ccc(C#N)cc3F)c[nH]c2c1N. The first-order chi connectivity index (χ1) is 12.4. The van der Waals surface area contributed by atoms with E-state index < -0.39 is 15.8 Å². The van der Waals surface area contributed by atoms with Crippen LogP contribution >= 0.6 is 0 Å². The van der Waals surface area contributed by atoms with Crippen LogP contribution in [0.3, 0.4) is 0 Å². The normalized spacial score (nSPS) is 10.8. The van der Waals surface area contributed by atoms with Crippen molar-refractivity contribution < 1.29 is 12.8 Å². The summed E-state index contributed by atoms with van der Waals surface area (Å²) in [5.41, 5.74) is 7.23. The molecule has 0 aliphatic carbocycles. The molecule has 0 fully saturated rings. The number of nitrogens with two attached hydrogens (primary N) is 1. The number of nitrogen functional groups attached to an aromatic ring is 1. The second kappa shape index (κ2) is 6.43. The zero-order chi connectivity index (χ0) is 18.9. The van der Waals surface area contributed by atoms with Crippen molar-refractivity contribution in [2.45, 2.75) is 11.8 Å². The lowest BCUT2D eigenvalue weighted by atomic mass is 10.1. The van der Waals surface area contributed by atoms with Gasteiger partial charge in [-0.1, -0.05) is 12.0 Å². The maximum absolute atomic E-state index is 14.0. The lowest BCUT2D eigenvalue weighted by Crippen LogP contribution is -2.13. The molecule has 1 aromatic heterocycles. The average molecular weight is 368 g/mol. The van der Waals surface area contributed by atoms with Crippen molar-refractivity contribution in [1.29, 1.82) is 5.26 Å². The molecule has 130 valence electrons. The molecular formula is C18H13FN4O2S. The fraction of sp³-hybridized carbons (Fsp3) is 0.0556. The molecule has 0 aliphatic heterocycles. The number of benzene rings is 2. The molecular weight excluding hydrogens is 355 g/mol. The van der Waals surface area contributed by atoms with E-state index in [9.17, 15) is 12.8 Å². The summed E-state index contributed by atoms with van der Waals surface area (Å²) in [6, 6.07) is 8.48. The van der Waals surface area contributed by atoms with E-state index in [0.29, 0.717) is 22.2 Å². The van der Waals surface area contributed by atoms with Crippen LogP contribution in [0, 0.1) is 29.0 Å². The number of rotatable bonds is 3. The van der Waals surface area contributed by atoms with Gasteiger partial charge in [-0.05, 0) is 31.2 Å². The summed E-state index contributed by atoms with van der Waals surface area (Å²) < 4.78 is 41.5. The van der Waals surface area contributed by atoms with E-state index in [4.69, 9.17) is 11.0 Å². The molecule has 26 heavy (non-hydrogen) atoms. The highest BCUT2D eigenvalue weighted by Gasteiger charge is 2.22. The largest absolute Gasteiger partial charge is 0.396 e. The first-order valence-electron chi connectivity index (χ1n) is 7.42. The van der Waals surface area contributed by atoms with Gasteiger partial charge in [0.15, 0.2) is 0 Å². The molecule has 0 aliphatic rings. The molecule has 3 aromatic rings. The molecule has 2 aromatic carbocycles. The number of nitrogens with one attached hydrogen (secondary N) is 2. The Morgan fingerprint density at radius 1 is 1.27 bits per heavy atom. The number of nitriles is 1. The molecule has 1 heterocycles. The summed E-state index contributed by atoms with van der Waals surface area (Å²) >= 11 is 0. The molecule has 6 nitrogen and oxygen atoms in total. The fourth-order valence-electron chi connectivity index (χ4n) is 2.53. The van der Waals surface area contributed by atoms with Crippen LogP contribution in [0.2, 0.25) is 0 Å². The molecule has 4 N–H and O–H groups in total. The van der Waals surface area contributed by atoms with Crippen molar-refractivity contribution >= 4 is 32.3 Å². The maximum atomic E-state index is 14.0. The van der Waals surface area contributed by atoms with Crippen LogP contribution in [0.25, 0.3) is 10.9 Å². The predicted octanol–water partition coefficient (Wildman–Crippen LogP) is 2.93. The zero-order valence-electron chi connectivity index (χ0n) is 13.6. The number of H-pyrrole nitrogens is 1. The molecule has 0 saturated heterocycles. The third-order valence-corrected chi connectivity index (χ3v) is 5.16. The fourth-order valence-corrected chi connectivity index (χ4v) is 3.77. The summed E-state index contributed by atoms with van der Waals surface area (Å²) in [6.07, 6.45) is 1.29. The number of halogens is 1. The minimum atomic E-state index is -4.08. The van der Waals surface area contributed by atoms with Gasteiger partial charge in [-0.3, -0.25) is 4.72 Å². The van der Waals surface area contributed by atoms with Crippen LogP contribution in [0.4, 0.5) is 15.8 Å². The monoisotopic (exact) mass is 368 g/mol. The highest BCUT2D eigenvalue weighted by Crippen LogP contribution is 2.30. The number of aromatic nitrogens is 1. The van der Waals surface area contributed by atoms with E-state index in [0.717, 1.165) is 6.07 Å². The van der Waals surface area contributed by atoms with Gasteiger partial charge in [-0.2, -0.15) is 5.26 Å². The Balaban J connectivity index is 2.06. The molecule has 0 unspecified atom stereocenters. The predicted molar refractivity (Wildman–Crippen MR) is 97.2 cm³/mol. The summed E-state index contributed by atoms with van der Waals surface area (Å²) in [4.78, 5) is 2.76. The highest BCUT2D eigenvalue weighted by atomic mass is 32.2. The molecule has 0 amide bonds. The third-order valence-electron chi connectivity index (χ3n) is 3.75. The Hall–Kier alpha value is -3.49. The van der Waals surface area contributed by atoms with Gasteiger partial charge in [0.05, 0.1) is 28.5 Å². The topological polar surface area (TPSA) is 112 Å². The first kappa shape index (κ1) is 17.3. The minimum Gasteiger partial charge on any atom is -0.396 e. The number of hydrogen-bond donors (Lipinski definition) is 3. The Morgan fingerprint density at radius 2 is 2.04 bits per heavy atom. The average Bonchev–Trinajstić information content (AvgIpc) is 3.05. The number of fused-ring (bicyclic) bond motifs is 1. The number of nitrogens with zero attached hydrogens (tertiary/aromatic N) is 1. The van der Waals surface area contributed by atoms with Crippen molar-refractivity contribution in [3.05, 3.63) is 53.5 Å². The number of hydrogen-bond acceptors (Lipinski definition) is 4. The van der Waals surface area contributed by atoms with Gasteiger partial charge in [0.2, 0.25) is 0 Å². The highest BCUT2D eigenvalue weighted by molar-refractivity contribution is 7.93. The van der Waals surface area contributed by atoms with Gasteiger partial charge in [0, 0.05) is 17.1 Å². The summed E-state index contributed by atoms with van der Waals surface area (Å²) in [5, 5.41) is 9.13. The van der Waals surface area contributed by atoms with E-state index in [2.05, 4.69) is 21.5 Å². The molecule has 0 bridgehead atoms. The van der Waals surface area contributed by atoms with E-state index in [-0.39, 0.29) is 16.1 Å². The first-order valence-corrected chi connectivity index (χ1v) is 8.90. The molecule has 0 radical (unpaired) electrons. The van der Waals surface area contributed by atoms with Crippen LogP contribution in [0.15, 0.2) is 41.4 Å². The summed E-state index contributed by atoms with van der Waals surface area (Å²) in [6.45, 7) is 1.67. The number of anilines is 2. The van der Waals surface area contributed by atoms with Crippen molar-refractivity contribution in [2.75, 3.05) is 10.5 Å². The molecule has 0 atom stereocenters. The lowest BCUT2D eigenvalue weighted by Gasteiger charge is -2.09. The smallest absolute Gasteiger partial charge is 0.264 e. The molecule has 0 saturated carbocycles. The Labute approximate surface area is 149 Å². The maximum Gasteiger partial charge on any atom is 0.264 e. The Bertz CT molecular complexity index is 1230. The van der Waals surface area contributed by atoms with Crippen molar-refractivity contribution in [3.8, 4) is 17.9 Å². The lowest BCUT2D eigenvalue weighted by molar-refractivity contribution is 0.599. The van der Waals surface area contributed by atoms with E-state index in [1.165, 1.54) is 18.3 Å². The van der Waals surface area contributed by atoms with Crippen LogP contribution in [-0.4, -0.2) is 13.4 Å². The third kappa shape index (κ3) is 2.94. The van der Waals surface area contributed by atoms with Crippen molar-refractivity contribution in [3.63, 3.8) is 0 Å². The molecule has 0 spiro atoms. The van der Waals surface area contributed by atoms with Gasteiger partial charge < -0.3 is 10.7 Å². The second-order valence-electron chi connectivity index (χ2n) is 5.39. The number of aromatic amines is 1. The van der Waals surface area contributed by atoms with Crippen LogP contribution in [0.5, 0.6) is 0 Å². The summed E-state index contributed by atoms with van der Waals surface area (Å²) in [5.74, 6) is 4.73. The van der Waals surface area contributed by atoms with Gasteiger partial charge in [-0.15, -0.1) is 5.92 Å². The van der Waals surface area contributed by atoms with Gasteiger partial charge >= 0.3 is 0 Å². The Morgan fingerprint density at radius 3 is 2.69 bits per heavy atom. The second-order valence-corrected chi connectivity index (χ2v) is 7.04. The van der Waals surface area contributed by atoms with Crippen LogP contribution in [-0.2, 0) is 10.0 Å². The van der Waals surface area contributed by atoms with Crippen LogP contribution in [0.1, 0.15) is 18.1 Å². The van der Waals surface area contributed by atoms with Crippen molar-refractivity contribution in [2.24, 2.45) is 0 Å². The zero-order valence-corrected chi connectivity index (χ0v) is 14.4. The van der Waals surface area contributed by atoms with Gasteiger partial charge in [0.25, 0.3) is 10.0 Å². The van der Waals surface area contributed by atoms with Crippen molar-refractivity contribution in [1.82, 2.24) is 4.98 Å². The van der Waals surface area contributed by atoms with E-state index in [1.807, 2.05) is 0 Å². The molecule has 3 rings (SSSR count). The quantitative estimate of drug-likeness (QED) is 0.487. The summed E-state index contributed by atoms with van der Waals surface area (Å²) in [7, 11) is -4.08. The Kier molecular flexibility index (Phi) is 4.29.